The van der Waals surface area contributed by atoms with Gasteiger partial charge < -0.3 is 4.74 Å². The van der Waals surface area contributed by atoms with Crippen LogP contribution in [0.25, 0.3) is 10.9 Å². The Balaban J connectivity index is 2.03. The van der Waals surface area contributed by atoms with Gasteiger partial charge in [0.05, 0.1) is 17.7 Å². The van der Waals surface area contributed by atoms with Gasteiger partial charge in [0.25, 0.3) is 5.91 Å². The SMILES string of the molecule is CCCOc1cccc(C(=O)n2cc(C#N)c3ccccc32)c1. The Bertz CT molecular complexity index is 903. The minimum atomic E-state index is -0.176. The van der Waals surface area contributed by atoms with Gasteiger partial charge in [-0.05, 0) is 30.7 Å². The van der Waals surface area contributed by atoms with E-state index in [1.54, 1.807) is 24.4 Å². The summed E-state index contributed by atoms with van der Waals surface area (Å²) in [5.41, 5.74) is 1.75. The average Bonchev–Trinajstić information content (AvgIpc) is 2.98. The zero-order valence-electron chi connectivity index (χ0n) is 12.8. The molecular weight excluding hydrogens is 288 g/mol. The summed E-state index contributed by atoms with van der Waals surface area (Å²) >= 11 is 0. The van der Waals surface area contributed by atoms with Crippen LogP contribution in [0.3, 0.4) is 0 Å². The topological polar surface area (TPSA) is 55.0 Å². The predicted molar refractivity (Wildman–Crippen MR) is 88.6 cm³/mol. The van der Waals surface area contributed by atoms with E-state index < -0.39 is 0 Å². The highest BCUT2D eigenvalue weighted by Crippen LogP contribution is 2.23. The molecule has 3 rings (SSSR count). The van der Waals surface area contributed by atoms with Crippen molar-refractivity contribution in [3.63, 3.8) is 0 Å². The Morgan fingerprint density at radius 2 is 2.04 bits per heavy atom. The largest absolute Gasteiger partial charge is 0.494 e. The summed E-state index contributed by atoms with van der Waals surface area (Å²) in [7, 11) is 0. The Morgan fingerprint density at radius 3 is 2.83 bits per heavy atom. The van der Waals surface area contributed by atoms with Crippen molar-refractivity contribution in [3.05, 3.63) is 65.9 Å². The molecular formula is C19H16N2O2. The second-order valence-corrected chi connectivity index (χ2v) is 5.22. The first kappa shape index (κ1) is 14.9. The van der Waals surface area contributed by atoms with Gasteiger partial charge in [-0.2, -0.15) is 5.26 Å². The molecule has 0 saturated heterocycles. The smallest absolute Gasteiger partial charge is 0.262 e. The monoisotopic (exact) mass is 304 g/mol. The van der Waals surface area contributed by atoms with E-state index in [1.807, 2.05) is 37.3 Å². The van der Waals surface area contributed by atoms with Crippen molar-refractivity contribution in [1.29, 1.82) is 5.26 Å². The third kappa shape index (κ3) is 2.82. The van der Waals surface area contributed by atoms with Crippen molar-refractivity contribution in [3.8, 4) is 11.8 Å². The molecule has 0 aliphatic rings. The molecule has 4 nitrogen and oxygen atoms in total. The van der Waals surface area contributed by atoms with Crippen molar-refractivity contribution < 1.29 is 9.53 Å². The molecule has 0 radical (unpaired) electrons. The quantitative estimate of drug-likeness (QED) is 0.732. The molecule has 0 aliphatic carbocycles. The number of ether oxygens (including phenoxy) is 1. The van der Waals surface area contributed by atoms with Gasteiger partial charge in [-0.1, -0.05) is 31.2 Å². The number of fused-ring (bicyclic) bond motifs is 1. The number of carbonyl (C=O) groups excluding carboxylic acids is 1. The van der Waals surface area contributed by atoms with E-state index in [0.717, 1.165) is 17.3 Å². The molecule has 2 aromatic carbocycles. The van der Waals surface area contributed by atoms with Gasteiger partial charge >= 0.3 is 0 Å². The third-order valence-corrected chi connectivity index (χ3v) is 3.61. The van der Waals surface area contributed by atoms with E-state index in [0.29, 0.717) is 23.5 Å². The van der Waals surface area contributed by atoms with E-state index in [2.05, 4.69) is 6.07 Å². The molecule has 3 aromatic rings. The standard InChI is InChI=1S/C19H16N2O2/c1-2-10-23-16-7-5-6-14(11-16)19(22)21-13-15(12-20)17-8-3-4-9-18(17)21/h3-9,11,13H,2,10H2,1H3. The Labute approximate surface area is 134 Å². The fraction of sp³-hybridized carbons (Fsp3) is 0.158. The predicted octanol–water partition coefficient (Wildman–Crippen LogP) is 3.99. The van der Waals surface area contributed by atoms with Crippen molar-refractivity contribution in [1.82, 2.24) is 4.57 Å². The lowest BCUT2D eigenvalue weighted by Crippen LogP contribution is -2.11. The van der Waals surface area contributed by atoms with Crippen LogP contribution in [0.4, 0.5) is 0 Å². The molecule has 23 heavy (non-hydrogen) atoms. The maximum Gasteiger partial charge on any atom is 0.262 e. The number of hydrogen-bond donors (Lipinski definition) is 0. The number of carbonyl (C=O) groups is 1. The first-order valence-corrected chi connectivity index (χ1v) is 7.52. The average molecular weight is 304 g/mol. The zero-order valence-corrected chi connectivity index (χ0v) is 12.8. The lowest BCUT2D eigenvalue weighted by molar-refractivity contribution is 0.0964. The molecule has 0 bridgehead atoms. The Kier molecular flexibility index (Phi) is 4.11. The highest BCUT2D eigenvalue weighted by molar-refractivity contribution is 6.03. The molecule has 0 spiro atoms. The molecule has 0 saturated carbocycles. The van der Waals surface area contributed by atoms with Crippen LogP contribution in [-0.2, 0) is 0 Å². The van der Waals surface area contributed by atoms with Crippen LogP contribution in [-0.4, -0.2) is 17.1 Å². The van der Waals surface area contributed by atoms with Crippen LogP contribution in [0.15, 0.2) is 54.7 Å². The van der Waals surface area contributed by atoms with E-state index >= 15 is 0 Å². The van der Waals surface area contributed by atoms with Crippen molar-refractivity contribution in [2.45, 2.75) is 13.3 Å². The molecule has 0 unspecified atom stereocenters. The fourth-order valence-electron chi connectivity index (χ4n) is 2.51. The third-order valence-electron chi connectivity index (χ3n) is 3.61. The fourth-order valence-corrected chi connectivity index (χ4v) is 2.51. The molecule has 0 amide bonds. The number of hydrogen-bond acceptors (Lipinski definition) is 3. The van der Waals surface area contributed by atoms with Crippen molar-refractivity contribution in [2.75, 3.05) is 6.61 Å². The maximum absolute atomic E-state index is 12.8. The number of nitriles is 1. The molecule has 1 heterocycles. The number of rotatable bonds is 4. The number of nitrogens with zero attached hydrogens (tertiary/aromatic N) is 2. The molecule has 114 valence electrons. The molecule has 0 N–H and O–H groups in total. The highest BCUT2D eigenvalue weighted by atomic mass is 16.5. The van der Waals surface area contributed by atoms with Gasteiger partial charge in [0, 0.05) is 17.1 Å². The number of benzene rings is 2. The van der Waals surface area contributed by atoms with E-state index in [1.165, 1.54) is 4.57 Å². The van der Waals surface area contributed by atoms with Gasteiger partial charge in [0.1, 0.15) is 11.8 Å². The molecule has 0 fully saturated rings. The lowest BCUT2D eigenvalue weighted by Gasteiger charge is -2.08. The van der Waals surface area contributed by atoms with Gasteiger partial charge in [0.15, 0.2) is 0 Å². The van der Waals surface area contributed by atoms with Crippen LogP contribution in [0, 0.1) is 11.3 Å². The minimum absolute atomic E-state index is 0.176. The second-order valence-electron chi connectivity index (χ2n) is 5.22. The summed E-state index contributed by atoms with van der Waals surface area (Å²) in [5.74, 6) is 0.499. The van der Waals surface area contributed by atoms with Crippen molar-refractivity contribution in [2.24, 2.45) is 0 Å². The first-order valence-electron chi connectivity index (χ1n) is 7.52. The number of para-hydroxylation sites is 1. The Morgan fingerprint density at radius 1 is 1.22 bits per heavy atom. The van der Waals surface area contributed by atoms with Crippen LogP contribution >= 0.6 is 0 Å². The molecule has 0 atom stereocenters. The van der Waals surface area contributed by atoms with Gasteiger partial charge in [-0.15, -0.1) is 0 Å². The minimum Gasteiger partial charge on any atom is -0.494 e. The zero-order chi connectivity index (χ0) is 16.2. The molecule has 0 aliphatic heterocycles. The van der Waals surface area contributed by atoms with Gasteiger partial charge in [0.2, 0.25) is 0 Å². The molecule has 4 heteroatoms. The van der Waals surface area contributed by atoms with Crippen LogP contribution in [0.1, 0.15) is 29.3 Å². The van der Waals surface area contributed by atoms with Crippen LogP contribution in [0.2, 0.25) is 0 Å². The van der Waals surface area contributed by atoms with Crippen molar-refractivity contribution >= 4 is 16.8 Å². The summed E-state index contributed by atoms with van der Waals surface area (Å²) in [6, 6.07) is 16.7. The highest BCUT2D eigenvalue weighted by Gasteiger charge is 2.15. The lowest BCUT2D eigenvalue weighted by atomic mass is 10.2. The van der Waals surface area contributed by atoms with Crippen LogP contribution < -0.4 is 4.74 Å². The second kappa shape index (κ2) is 6.37. The van der Waals surface area contributed by atoms with E-state index in [-0.39, 0.29) is 5.91 Å². The summed E-state index contributed by atoms with van der Waals surface area (Å²) < 4.78 is 7.10. The first-order chi connectivity index (χ1) is 11.2. The summed E-state index contributed by atoms with van der Waals surface area (Å²) in [5, 5.41) is 10.0. The normalized spacial score (nSPS) is 10.4. The number of aromatic nitrogens is 1. The molecule has 1 aromatic heterocycles. The maximum atomic E-state index is 12.8. The van der Waals surface area contributed by atoms with Gasteiger partial charge in [-0.25, -0.2) is 0 Å². The summed E-state index contributed by atoms with van der Waals surface area (Å²) in [6.45, 7) is 2.65. The van der Waals surface area contributed by atoms with Gasteiger partial charge in [-0.3, -0.25) is 9.36 Å². The van der Waals surface area contributed by atoms with E-state index in [4.69, 9.17) is 4.74 Å². The van der Waals surface area contributed by atoms with Crippen LogP contribution in [0.5, 0.6) is 5.75 Å². The Hall–Kier alpha value is -3.06. The van der Waals surface area contributed by atoms with E-state index in [9.17, 15) is 10.1 Å². The summed E-state index contributed by atoms with van der Waals surface area (Å²) in [6.07, 6.45) is 2.50. The summed E-state index contributed by atoms with van der Waals surface area (Å²) in [4.78, 5) is 12.8.